The van der Waals surface area contributed by atoms with Gasteiger partial charge in [-0.1, -0.05) is 15.9 Å². The van der Waals surface area contributed by atoms with E-state index in [9.17, 15) is 9.90 Å². The van der Waals surface area contributed by atoms with Gasteiger partial charge in [-0.3, -0.25) is 4.79 Å². The number of halogens is 1. The Morgan fingerprint density at radius 1 is 1.53 bits per heavy atom. The van der Waals surface area contributed by atoms with E-state index in [1.807, 2.05) is 6.92 Å². The van der Waals surface area contributed by atoms with Gasteiger partial charge in [-0.2, -0.15) is 0 Å². The van der Waals surface area contributed by atoms with Crippen LogP contribution in [0, 0.1) is 0 Å². The molecule has 0 aliphatic heterocycles. The van der Waals surface area contributed by atoms with E-state index < -0.39 is 0 Å². The van der Waals surface area contributed by atoms with Crippen molar-refractivity contribution in [3.8, 4) is 5.75 Å². The number of aromatic hydroxyl groups is 1. The summed E-state index contributed by atoms with van der Waals surface area (Å²) in [5, 5.41) is 9.67. The molecule has 17 heavy (non-hydrogen) atoms. The molecular weight excluding hydrogens is 286 g/mol. The number of likely N-dealkylation sites (N-methyl/N-ethyl adjacent to an activating group) is 1. The number of phenols is 1. The highest BCUT2D eigenvalue weighted by Crippen LogP contribution is 2.23. The predicted octanol–water partition coefficient (Wildman–Crippen LogP) is 2.26. The molecule has 5 heteroatoms. The Morgan fingerprint density at radius 2 is 2.24 bits per heavy atom. The van der Waals surface area contributed by atoms with Gasteiger partial charge in [-0.05, 0) is 25.1 Å². The Kier molecular flexibility index (Phi) is 5.44. The summed E-state index contributed by atoms with van der Waals surface area (Å²) in [4.78, 5) is 13.5. The number of hydrogen-bond acceptors (Lipinski definition) is 3. The molecule has 1 rings (SSSR count). The Labute approximate surface area is 109 Å². The second kappa shape index (κ2) is 6.61. The van der Waals surface area contributed by atoms with E-state index in [0.717, 1.165) is 4.47 Å². The third kappa shape index (κ3) is 4.02. The summed E-state index contributed by atoms with van der Waals surface area (Å²) in [6.45, 7) is 3.53. The molecule has 0 bridgehead atoms. The molecule has 0 aliphatic carbocycles. The average molecular weight is 302 g/mol. The van der Waals surface area contributed by atoms with Crippen LogP contribution in [0.15, 0.2) is 22.7 Å². The smallest absolute Gasteiger partial charge is 0.257 e. The molecule has 0 spiro atoms. The predicted molar refractivity (Wildman–Crippen MR) is 69.3 cm³/mol. The van der Waals surface area contributed by atoms with Crippen LogP contribution in [0.25, 0.3) is 0 Å². The number of carbonyl (C=O) groups is 1. The second-order valence-electron chi connectivity index (χ2n) is 3.59. The molecule has 0 radical (unpaired) electrons. The Hall–Kier alpha value is -1.07. The highest BCUT2D eigenvalue weighted by atomic mass is 79.9. The van der Waals surface area contributed by atoms with Crippen LogP contribution in [-0.4, -0.2) is 42.7 Å². The van der Waals surface area contributed by atoms with Crippen LogP contribution >= 0.6 is 15.9 Å². The lowest BCUT2D eigenvalue weighted by molar-refractivity contribution is 0.0707. The fourth-order valence-corrected chi connectivity index (χ4v) is 1.69. The first kappa shape index (κ1) is 14.0. The molecule has 4 nitrogen and oxygen atoms in total. The minimum Gasteiger partial charge on any atom is -0.507 e. The lowest BCUT2D eigenvalue weighted by Gasteiger charge is -2.17. The van der Waals surface area contributed by atoms with Gasteiger partial charge in [0.25, 0.3) is 5.91 Å². The number of amides is 1. The Balaban J connectivity index is 2.68. The molecule has 0 atom stereocenters. The van der Waals surface area contributed by atoms with Crippen LogP contribution < -0.4 is 0 Å². The second-order valence-corrected chi connectivity index (χ2v) is 4.50. The Morgan fingerprint density at radius 3 is 2.82 bits per heavy atom. The summed E-state index contributed by atoms with van der Waals surface area (Å²) in [5.41, 5.74) is 0.298. The van der Waals surface area contributed by atoms with Crippen molar-refractivity contribution in [1.29, 1.82) is 0 Å². The van der Waals surface area contributed by atoms with E-state index in [1.54, 1.807) is 19.2 Å². The normalized spacial score (nSPS) is 10.3. The fraction of sp³-hybridized carbons (Fsp3) is 0.417. The average Bonchev–Trinajstić information content (AvgIpc) is 2.28. The molecule has 94 valence electrons. The van der Waals surface area contributed by atoms with Gasteiger partial charge in [-0.15, -0.1) is 0 Å². The maximum absolute atomic E-state index is 12.0. The third-order valence-electron chi connectivity index (χ3n) is 2.31. The van der Waals surface area contributed by atoms with Crippen molar-refractivity contribution in [2.75, 3.05) is 26.8 Å². The monoisotopic (exact) mass is 301 g/mol. The summed E-state index contributed by atoms with van der Waals surface area (Å²) >= 11 is 3.23. The quantitative estimate of drug-likeness (QED) is 0.849. The van der Waals surface area contributed by atoms with Gasteiger partial charge >= 0.3 is 0 Å². The van der Waals surface area contributed by atoms with Crippen molar-refractivity contribution in [1.82, 2.24) is 4.90 Å². The molecule has 0 fully saturated rings. The standard InChI is InChI=1S/C12H16BrNO3/c1-3-17-7-6-14(2)12(16)10-5-4-9(13)8-11(10)15/h4-5,8,15H,3,6-7H2,1-2H3. The summed E-state index contributed by atoms with van der Waals surface area (Å²) in [6, 6.07) is 4.83. The summed E-state index contributed by atoms with van der Waals surface area (Å²) in [6.07, 6.45) is 0. The van der Waals surface area contributed by atoms with Crippen molar-refractivity contribution in [2.24, 2.45) is 0 Å². The van der Waals surface area contributed by atoms with E-state index >= 15 is 0 Å². The first-order chi connectivity index (χ1) is 8.06. The van der Waals surface area contributed by atoms with E-state index in [-0.39, 0.29) is 11.7 Å². The molecule has 1 aromatic rings. The van der Waals surface area contributed by atoms with Crippen molar-refractivity contribution >= 4 is 21.8 Å². The van der Waals surface area contributed by atoms with E-state index in [1.165, 1.54) is 11.0 Å². The molecule has 1 amide bonds. The lowest BCUT2D eigenvalue weighted by atomic mass is 10.2. The SMILES string of the molecule is CCOCCN(C)C(=O)c1ccc(Br)cc1O. The van der Waals surface area contributed by atoms with Gasteiger partial charge in [0.15, 0.2) is 0 Å². The number of benzene rings is 1. The number of hydrogen-bond donors (Lipinski definition) is 1. The third-order valence-corrected chi connectivity index (χ3v) is 2.81. The molecular formula is C12H16BrNO3. The van der Waals surface area contributed by atoms with Crippen LogP contribution in [0.4, 0.5) is 0 Å². The van der Waals surface area contributed by atoms with Crippen LogP contribution in [0.5, 0.6) is 5.75 Å². The van der Waals surface area contributed by atoms with Crippen LogP contribution in [0.1, 0.15) is 17.3 Å². The molecule has 0 aromatic heterocycles. The minimum absolute atomic E-state index is 0.0207. The van der Waals surface area contributed by atoms with Gasteiger partial charge < -0.3 is 14.7 Å². The number of carbonyl (C=O) groups excluding carboxylic acids is 1. The van der Waals surface area contributed by atoms with E-state index in [0.29, 0.717) is 25.3 Å². The molecule has 0 aliphatic rings. The summed E-state index contributed by atoms with van der Waals surface area (Å²) in [7, 11) is 1.68. The fourth-order valence-electron chi connectivity index (χ4n) is 1.34. The number of nitrogens with zero attached hydrogens (tertiary/aromatic N) is 1. The topological polar surface area (TPSA) is 49.8 Å². The maximum Gasteiger partial charge on any atom is 0.257 e. The Bertz CT molecular complexity index is 395. The summed E-state index contributed by atoms with van der Waals surface area (Å²) in [5.74, 6) is -0.234. The van der Waals surface area contributed by atoms with Crippen molar-refractivity contribution in [3.63, 3.8) is 0 Å². The zero-order chi connectivity index (χ0) is 12.8. The number of rotatable bonds is 5. The van der Waals surface area contributed by atoms with Crippen LogP contribution in [-0.2, 0) is 4.74 Å². The van der Waals surface area contributed by atoms with Crippen LogP contribution in [0.2, 0.25) is 0 Å². The molecule has 1 aromatic carbocycles. The van der Waals surface area contributed by atoms with Gasteiger partial charge in [0.05, 0.1) is 12.2 Å². The highest BCUT2D eigenvalue weighted by molar-refractivity contribution is 9.10. The van der Waals surface area contributed by atoms with Gasteiger partial charge in [0, 0.05) is 24.7 Å². The molecule has 0 saturated carbocycles. The molecule has 0 unspecified atom stereocenters. The zero-order valence-corrected chi connectivity index (χ0v) is 11.5. The number of phenolic OH excluding ortho intramolecular Hbond substituents is 1. The maximum atomic E-state index is 12.0. The number of ether oxygens (including phenoxy) is 1. The highest BCUT2D eigenvalue weighted by Gasteiger charge is 2.15. The van der Waals surface area contributed by atoms with Crippen molar-refractivity contribution in [2.45, 2.75) is 6.92 Å². The minimum atomic E-state index is -0.213. The van der Waals surface area contributed by atoms with Gasteiger partial charge in [-0.25, -0.2) is 0 Å². The molecule has 0 saturated heterocycles. The molecule has 1 N–H and O–H groups in total. The first-order valence-corrected chi connectivity index (χ1v) is 6.17. The molecule has 0 heterocycles. The van der Waals surface area contributed by atoms with E-state index in [2.05, 4.69) is 15.9 Å². The van der Waals surface area contributed by atoms with E-state index in [4.69, 9.17) is 4.74 Å². The first-order valence-electron chi connectivity index (χ1n) is 5.38. The van der Waals surface area contributed by atoms with Gasteiger partial charge in [0.2, 0.25) is 0 Å². The van der Waals surface area contributed by atoms with Gasteiger partial charge in [0.1, 0.15) is 5.75 Å². The zero-order valence-electron chi connectivity index (χ0n) is 9.94. The lowest BCUT2D eigenvalue weighted by Crippen LogP contribution is -2.30. The summed E-state index contributed by atoms with van der Waals surface area (Å²) < 4.78 is 5.92. The van der Waals surface area contributed by atoms with Crippen LogP contribution in [0.3, 0.4) is 0 Å². The van der Waals surface area contributed by atoms with Crippen molar-refractivity contribution in [3.05, 3.63) is 28.2 Å². The van der Waals surface area contributed by atoms with Crippen molar-refractivity contribution < 1.29 is 14.6 Å². The largest absolute Gasteiger partial charge is 0.507 e.